The number of carboxylic acid groups (broad SMARTS) is 1. The highest BCUT2D eigenvalue weighted by atomic mass is 16.5. The first-order valence-corrected chi connectivity index (χ1v) is 5.23. The van der Waals surface area contributed by atoms with E-state index in [0.717, 1.165) is 12.8 Å². The Hall–Kier alpha value is -1.10. The summed E-state index contributed by atoms with van der Waals surface area (Å²) >= 11 is 0. The molecule has 0 spiro atoms. The number of nitrogens with one attached hydrogen (secondary N) is 1. The Morgan fingerprint density at radius 2 is 2.27 bits per heavy atom. The van der Waals surface area contributed by atoms with Crippen molar-refractivity contribution in [2.75, 3.05) is 13.2 Å². The molecule has 0 aliphatic carbocycles. The maximum absolute atomic E-state index is 11.4. The molecule has 2 N–H and O–H groups in total. The van der Waals surface area contributed by atoms with Gasteiger partial charge >= 0.3 is 5.97 Å². The molecule has 1 heterocycles. The highest BCUT2D eigenvalue weighted by Gasteiger charge is 2.43. The van der Waals surface area contributed by atoms with Gasteiger partial charge in [0, 0.05) is 19.4 Å². The summed E-state index contributed by atoms with van der Waals surface area (Å²) in [5.41, 5.74) is -1.19. The van der Waals surface area contributed by atoms with Gasteiger partial charge in [-0.25, -0.2) is 4.79 Å². The second kappa shape index (κ2) is 5.11. The molecule has 1 aliphatic heterocycles. The van der Waals surface area contributed by atoms with E-state index in [1.165, 1.54) is 0 Å². The van der Waals surface area contributed by atoms with Crippen LogP contribution in [-0.4, -0.2) is 35.7 Å². The highest BCUT2D eigenvalue weighted by Crippen LogP contribution is 2.19. The third-order valence-electron chi connectivity index (χ3n) is 2.57. The van der Waals surface area contributed by atoms with Gasteiger partial charge in [0.25, 0.3) is 0 Å². The molecular weight excluding hydrogens is 198 g/mol. The van der Waals surface area contributed by atoms with Gasteiger partial charge in [0.05, 0.1) is 6.61 Å². The molecule has 1 aliphatic rings. The number of carboxylic acids is 1. The summed E-state index contributed by atoms with van der Waals surface area (Å²) in [6.07, 6.45) is 2.43. The lowest BCUT2D eigenvalue weighted by molar-refractivity contribution is -0.147. The monoisotopic (exact) mass is 215 g/mol. The number of carbonyl (C=O) groups excluding carboxylic acids is 1. The van der Waals surface area contributed by atoms with Crippen LogP contribution in [0.5, 0.6) is 0 Å². The molecule has 86 valence electrons. The first kappa shape index (κ1) is 12.0. The van der Waals surface area contributed by atoms with E-state index < -0.39 is 11.5 Å². The molecule has 0 radical (unpaired) electrons. The average molecular weight is 215 g/mol. The topological polar surface area (TPSA) is 75.6 Å². The minimum Gasteiger partial charge on any atom is -0.479 e. The number of carbonyl (C=O) groups is 2. The minimum absolute atomic E-state index is 0.0696. The maximum atomic E-state index is 11.4. The van der Waals surface area contributed by atoms with Crippen molar-refractivity contribution in [1.29, 1.82) is 0 Å². The standard InChI is InChI=1S/C10H17NO4/c1-2-3-4-8(12)11-10(9(13)14)5-6-15-7-10/h2-7H2,1H3,(H,11,12)(H,13,14). The van der Waals surface area contributed by atoms with Gasteiger partial charge in [-0.2, -0.15) is 0 Å². The molecule has 1 atom stereocenters. The van der Waals surface area contributed by atoms with Gasteiger partial charge < -0.3 is 15.2 Å². The number of ether oxygens (including phenoxy) is 1. The van der Waals surface area contributed by atoms with Crippen LogP contribution in [0.2, 0.25) is 0 Å². The number of hydrogen-bond acceptors (Lipinski definition) is 3. The van der Waals surface area contributed by atoms with Crippen LogP contribution in [0.1, 0.15) is 32.6 Å². The van der Waals surface area contributed by atoms with Crippen molar-refractivity contribution in [1.82, 2.24) is 5.32 Å². The van der Waals surface area contributed by atoms with E-state index >= 15 is 0 Å². The van der Waals surface area contributed by atoms with E-state index in [4.69, 9.17) is 9.84 Å². The third-order valence-corrected chi connectivity index (χ3v) is 2.57. The molecule has 1 saturated heterocycles. The van der Waals surface area contributed by atoms with Gasteiger partial charge in [-0.1, -0.05) is 13.3 Å². The van der Waals surface area contributed by atoms with Crippen LogP contribution in [0, 0.1) is 0 Å². The molecule has 5 nitrogen and oxygen atoms in total. The van der Waals surface area contributed by atoms with Crippen LogP contribution in [0.25, 0.3) is 0 Å². The molecule has 0 bridgehead atoms. The maximum Gasteiger partial charge on any atom is 0.331 e. The molecule has 1 fully saturated rings. The number of hydrogen-bond donors (Lipinski definition) is 2. The molecule has 1 rings (SSSR count). The van der Waals surface area contributed by atoms with Crippen LogP contribution in [0.15, 0.2) is 0 Å². The second-order valence-corrected chi connectivity index (χ2v) is 3.84. The smallest absolute Gasteiger partial charge is 0.331 e. The molecule has 1 unspecified atom stereocenters. The average Bonchev–Trinajstić information content (AvgIpc) is 2.64. The lowest BCUT2D eigenvalue weighted by Gasteiger charge is -2.23. The molecular formula is C10H17NO4. The van der Waals surface area contributed by atoms with E-state index in [-0.39, 0.29) is 12.5 Å². The van der Waals surface area contributed by atoms with E-state index in [0.29, 0.717) is 19.4 Å². The van der Waals surface area contributed by atoms with Crippen molar-refractivity contribution in [2.24, 2.45) is 0 Å². The fraction of sp³-hybridized carbons (Fsp3) is 0.800. The number of aliphatic carboxylic acids is 1. The van der Waals surface area contributed by atoms with Crippen LogP contribution >= 0.6 is 0 Å². The third kappa shape index (κ3) is 2.92. The number of rotatable bonds is 5. The Morgan fingerprint density at radius 1 is 1.53 bits per heavy atom. The first-order valence-electron chi connectivity index (χ1n) is 5.23. The van der Waals surface area contributed by atoms with Crippen molar-refractivity contribution >= 4 is 11.9 Å². The lowest BCUT2D eigenvalue weighted by Crippen LogP contribution is -2.55. The normalized spacial score (nSPS) is 25.1. The Bertz CT molecular complexity index is 246. The fourth-order valence-electron chi connectivity index (χ4n) is 1.55. The van der Waals surface area contributed by atoms with E-state index in [1.807, 2.05) is 6.92 Å². The molecule has 5 heteroatoms. The summed E-state index contributed by atoms with van der Waals surface area (Å²) in [5.74, 6) is -1.21. The molecule has 0 aromatic carbocycles. The molecule has 0 aromatic heterocycles. The van der Waals surface area contributed by atoms with Gasteiger partial charge in [0.1, 0.15) is 0 Å². The Morgan fingerprint density at radius 3 is 2.73 bits per heavy atom. The summed E-state index contributed by atoms with van der Waals surface area (Å²) < 4.78 is 5.03. The quantitative estimate of drug-likeness (QED) is 0.701. The van der Waals surface area contributed by atoms with Gasteiger partial charge in [0.2, 0.25) is 5.91 Å². The largest absolute Gasteiger partial charge is 0.479 e. The van der Waals surface area contributed by atoms with Crippen LogP contribution in [-0.2, 0) is 14.3 Å². The fourth-order valence-corrected chi connectivity index (χ4v) is 1.55. The zero-order chi connectivity index (χ0) is 11.3. The first-order chi connectivity index (χ1) is 7.10. The summed E-state index contributed by atoms with van der Waals surface area (Å²) in [5, 5.41) is 11.6. The number of amides is 1. The van der Waals surface area contributed by atoms with Gasteiger partial charge in [-0.05, 0) is 6.42 Å². The molecule has 1 amide bonds. The summed E-state index contributed by atoms with van der Waals surface area (Å²) in [4.78, 5) is 22.5. The SMILES string of the molecule is CCCCC(=O)NC1(C(=O)O)CCOC1. The Kier molecular flexibility index (Phi) is 4.08. The minimum atomic E-state index is -1.19. The molecule has 0 saturated carbocycles. The van der Waals surface area contributed by atoms with Gasteiger partial charge in [-0.15, -0.1) is 0 Å². The zero-order valence-electron chi connectivity index (χ0n) is 8.91. The van der Waals surface area contributed by atoms with Gasteiger partial charge in [-0.3, -0.25) is 4.79 Å². The molecule has 0 aromatic rings. The Balaban J connectivity index is 2.52. The van der Waals surface area contributed by atoms with Gasteiger partial charge in [0.15, 0.2) is 5.54 Å². The molecule has 15 heavy (non-hydrogen) atoms. The highest BCUT2D eigenvalue weighted by molar-refractivity contribution is 5.87. The summed E-state index contributed by atoms with van der Waals surface area (Å²) in [6, 6.07) is 0. The predicted octanol–water partition coefficient (Wildman–Crippen LogP) is 0.536. The second-order valence-electron chi connectivity index (χ2n) is 3.84. The van der Waals surface area contributed by atoms with Crippen LogP contribution in [0.4, 0.5) is 0 Å². The van der Waals surface area contributed by atoms with E-state index in [2.05, 4.69) is 5.32 Å². The predicted molar refractivity (Wildman–Crippen MR) is 53.5 cm³/mol. The van der Waals surface area contributed by atoms with E-state index in [1.54, 1.807) is 0 Å². The zero-order valence-corrected chi connectivity index (χ0v) is 8.91. The van der Waals surface area contributed by atoms with Crippen molar-refractivity contribution in [3.05, 3.63) is 0 Å². The summed E-state index contributed by atoms with van der Waals surface area (Å²) in [6.45, 7) is 2.44. The van der Waals surface area contributed by atoms with Crippen LogP contribution in [0.3, 0.4) is 0 Å². The number of unbranched alkanes of at least 4 members (excludes halogenated alkanes) is 1. The summed E-state index contributed by atoms with van der Waals surface area (Å²) in [7, 11) is 0. The van der Waals surface area contributed by atoms with E-state index in [9.17, 15) is 9.59 Å². The van der Waals surface area contributed by atoms with Crippen molar-refractivity contribution < 1.29 is 19.4 Å². The van der Waals surface area contributed by atoms with Crippen molar-refractivity contribution in [2.45, 2.75) is 38.1 Å². The Labute approximate surface area is 88.8 Å². The van der Waals surface area contributed by atoms with Crippen LogP contribution < -0.4 is 5.32 Å². The van der Waals surface area contributed by atoms with Crippen molar-refractivity contribution in [3.8, 4) is 0 Å². The lowest BCUT2D eigenvalue weighted by atomic mass is 9.98. The van der Waals surface area contributed by atoms with Crippen molar-refractivity contribution in [3.63, 3.8) is 0 Å².